The quantitative estimate of drug-likeness (QED) is 0.829. The summed E-state index contributed by atoms with van der Waals surface area (Å²) in [5, 5.41) is 2.88. The van der Waals surface area contributed by atoms with Crippen LogP contribution in [0.2, 0.25) is 0 Å². The standard InChI is InChI=1S/C16H19NO3S/c1-11-10-15(21-12(11)2)16(18)17-13-4-6-14(7-5-13)20-9-8-19-3/h4-7,10H,8-9H2,1-3H3,(H,17,18). The number of ether oxygens (including phenoxy) is 2. The molecule has 2 rings (SSSR count). The first kappa shape index (κ1) is 15.5. The van der Waals surface area contributed by atoms with Crippen molar-refractivity contribution in [3.8, 4) is 5.75 Å². The summed E-state index contributed by atoms with van der Waals surface area (Å²) in [4.78, 5) is 14.0. The van der Waals surface area contributed by atoms with Crippen LogP contribution in [0.15, 0.2) is 30.3 Å². The number of carbonyl (C=O) groups excluding carboxylic acids is 1. The maximum atomic E-state index is 12.1. The van der Waals surface area contributed by atoms with Crippen LogP contribution in [-0.2, 0) is 4.74 Å². The number of rotatable bonds is 6. The molecule has 0 bridgehead atoms. The molecule has 0 radical (unpaired) electrons. The van der Waals surface area contributed by atoms with Crippen molar-refractivity contribution in [2.75, 3.05) is 25.6 Å². The van der Waals surface area contributed by atoms with E-state index in [0.29, 0.717) is 13.2 Å². The van der Waals surface area contributed by atoms with E-state index in [1.165, 1.54) is 16.2 Å². The van der Waals surface area contributed by atoms with Crippen LogP contribution in [0.4, 0.5) is 5.69 Å². The molecule has 1 aromatic heterocycles. The van der Waals surface area contributed by atoms with Gasteiger partial charge in [0.1, 0.15) is 12.4 Å². The molecule has 0 saturated heterocycles. The monoisotopic (exact) mass is 305 g/mol. The van der Waals surface area contributed by atoms with Crippen LogP contribution in [0.25, 0.3) is 0 Å². The number of aryl methyl sites for hydroxylation is 2. The molecule has 1 aromatic carbocycles. The van der Waals surface area contributed by atoms with Crippen LogP contribution in [0, 0.1) is 13.8 Å². The van der Waals surface area contributed by atoms with Crippen molar-refractivity contribution in [1.29, 1.82) is 0 Å². The molecule has 112 valence electrons. The molecule has 1 heterocycles. The highest BCUT2D eigenvalue weighted by atomic mass is 32.1. The Morgan fingerprint density at radius 2 is 1.90 bits per heavy atom. The molecular formula is C16H19NO3S. The Hall–Kier alpha value is -1.85. The number of amides is 1. The van der Waals surface area contributed by atoms with Gasteiger partial charge in [-0.05, 0) is 49.7 Å². The van der Waals surface area contributed by atoms with Crippen LogP contribution in [-0.4, -0.2) is 26.2 Å². The van der Waals surface area contributed by atoms with Gasteiger partial charge in [-0.3, -0.25) is 4.79 Å². The molecule has 0 spiro atoms. The van der Waals surface area contributed by atoms with Gasteiger partial charge >= 0.3 is 0 Å². The predicted molar refractivity (Wildman–Crippen MR) is 85.6 cm³/mol. The van der Waals surface area contributed by atoms with Gasteiger partial charge < -0.3 is 14.8 Å². The second kappa shape index (κ2) is 7.24. The van der Waals surface area contributed by atoms with Gasteiger partial charge in [0.15, 0.2) is 0 Å². The Bertz CT molecular complexity index is 585. The van der Waals surface area contributed by atoms with Gasteiger partial charge in [0.05, 0.1) is 11.5 Å². The number of carbonyl (C=O) groups is 1. The number of nitrogens with one attached hydrogen (secondary N) is 1. The summed E-state index contributed by atoms with van der Waals surface area (Å²) in [6.07, 6.45) is 0. The maximum Gasteiger partial charge on any atom is 0.265 e. The average molecular weight is 305 g/mol. The van der Waals surface area contributed by atoms with Crippen molar-refractivity contribution in [1.82, 2.24) is 0 Å². The van der Waals surface area contributed by atoms with Crippen LogP contribution in [0.3, 0.4) is 0 Å². The molecule has 2 aromatic rings. The van der Waals surface area contributed by atoms with Gasteiger partial charge in [-0.2, -0.15) is 0 Å². The van der Waals surface area contributed by atoms with E-state index in [1.54, 1.807) is 7.11 Å². The number of hydrogen-bond donors (Lipinski definition) is 1. The van der Waals surface area contributed by atoms with E-state index in [1.807, 2.05) is 44.2 Å². The lowest BCUT2D eigenvalue weighted by Gasteiger charge is -2.07. The van der Waals surface area contributed by atoms with Crippen molar-refractivity contribution in [3.05, 3.63) is 45.6 Å². The van der Waals surface area contributed by atoms with Crippen LogP contribution in [0.5, 0.6) is 5.75 Å². The molecule has 1 amide bonds. The number of hydrogen-bond acceptors (Lipinski definition) is 4. The maximum absolute atomic E-state index is 12.1. The van der Waals surface area contributed by atoms with Crippen molar-refractivity contribution in [2.45, 2.75) is 13.8 Å². The van der Waals surface area contributed by atoms with Crippen molar-refractivity contribution >= 4 is 22.9 Å². The van der Waals surface area contributed by atoms with Crippen molar-refractivity contribution < 1.29 is 14.3 Å². The van der Waals surface area contributed by atoms with Crippen molar-refractivity contribution in [3.63, 3.8) is 0 Å². The lowest BCUT2D eigenvalue weighted by molar-refractivity contribution is 0.103. The first-order valence-corrected chi connectivity index (χ1v) is 7.52. The Morgan fingerprint density at radius 3 is 2.48 bits per heavy atom. The molecule has 0 aliphatic heterocycles. The lowest BCUT2D eigenvalue weighted by Crippen LogP contribution is -2.10. The fourth-order valence-electron chi connectivity index (χ4n) is 1.76. The Kier molecular flexibility index (Phi) is 5.36. The van der Waals surface area contributed by atoms with Crippen LogP contribution < -0.4 is 10.1 Å². The summed E-state index contributed by atoms with van der Waals surface area (Å²) in [5.74, 6) is 0.678. The topological polar surface area (TPSA) is 47.6 Å². The minimum atomic E-state index is -0.0794. The Labute approximate surface area is 128 Å². The van der Waals surface area contributed by atoms with Gasteiger partial charge in [-0.25, -0.2) is 0 Å². The lowest BCUT2D eigenvalue weighted by atomic mass is 10.2. The smallest absolute Gasteiger partial charge is 0.265 e. The van der Waals surface area contributed by atoms with E-state index >= 15 is 0 Å². The third-order valence-corrected chi connectivity index (χ3v) is 4.21. The van der Waals surface area contributed by atoms with E-state index in [4.69, 9.17) is 9.47 Å². The second-order valence-corrected chi connectivity index (χ2v) is 5.93. The summed E-state index contributed by atoms with van der Waals surface area (Å²) in [7, 11) is 1.63. The van der Waals surface area contributed by atoms with Gasteiger partial charge in [-0.1, -0.05) is 0 Å². The van der Waals surface area contributed by atoms with Crippen molar-refractivity contribution in [2.24, 2.45) is 0 Å². The zero-order valence-electron chi connectivity index (χ0n) is 12.4. The van der Waals surface area contributed by atoms with E-state index in [9.17, 15) is 4.79 Å². The molecule has 21 heavy (non-hydrogen) atoms. The molecule has 1 N–H and O–H groups in total. The minimum absolute atomic E-state index is 0.0794. The van der Waals surface area contributed by atoms with Crippen LogP contribution in [0.1, 0.15) is 20.1 Å². The molecule has 0 unspecified atom stereocenters. The third kappa shape index (κ3) is 4.31. The molecular weight excluding hydrogens is 286 g/mol. The molecule has 0 atom stereocenters. The average Bonchev–Trinajstić information content (AvgIpc) is 2.81. The van der Waals surface area contributed by atoms with Gasteiger partial charge in [0.25, 0.3) is 5.91 Å². The highest BCUT2D eigenvalue weighted by Gasteiger charge is 2.10. The van der Waals surface area contributed by atoms with Gasteiger partial charge in [-0.15, -0.1) is 11.3 Å². The van der Waals surface area contributed by atoms with Gasteiger partial charge in [0, 0.05) is 17.7 Å². The Morgan fingerprint density at radius 1 is 1.19 bits per heavy atom. The van der Waals surface area contributed by atoms with E-state index < -0.39 is 0 Å². The summed E-state index contributed by atoms with van der Waals surface area (Å²) in [5.41, 5.74) is 1.90. The molecule has 4 nitrogen and oxygen atoms in total. The van der Waals surface area contributed by atoms with E-state index in [0.717, 1.165) is 21.9 Å². The van der Waals surface area contributed by atoms with Gasteiger partial charge in [0.2, 0.25) is 0 Å². The highest BCUT2D eigenvalue weighted by Crippen LogP contribution is 2.22. The molecule has 5 heteroatoms. The number of methoxy groups -OCH3 is 1. The Balaban J connectivity index is 1.95. The summed E-state index contributed by atoms with van der Waals surface area (Å²) < 4.78 is 10.4. The summed E-state index contributed by atoms with van der Waals surface area (Å²) in [6, 6.07) is 9.23. The summed E-state index contributed by atoms with van der Waals surface area (Å²) in [6.45, 7) is 5.09. The molecule has 0 aliphatic rings. The molecule has 0 aliphatic carbocycles. The number of benzene rings is 1. The fourth-order valence-corrected chi connectivity index (χ4v) is 2.68. The first-order chi connectivity index (χ1) is 10.1. The first-order valence-electron chi connectivity index (χ1n) is 6.70. The molecule has 0 fully saturated rings. The third-order valence-electron chi connectivity index (χ3n) is 3.06. The number of anilines is 1. The fraction of sp³-hybridized carbons (Fsp3) is 0.312. The molecule has 0 saturated carbocycles. The van der Waals surface area contributed by atoms with E-state index in [2.05, 4.69) is 5.32 Å². The zero-order chi connectivity index (χ0) is 15.2. The predicted octanol–water partition coefficient (Wildman–Crippen LogP) is 3.64. The highest BCUT2D eigenvalue weighted by molar-refractivity contribution is 7.14. The largest absolute Gasteiger partial charge is 0.491 e. The van der Waals surface area contributed by atoms with Crippen LogP contribution >= 0.6 is 11.3 Å². The van der Waals surface area contributed by atoms with E-state index in [-0.39, 0.29) is 5.91 Å². The SMILES string of the molecule is COCCOc1ccc(NC(=O)c2cc(C)c(C)s2)cc1. The minimum Gasteiger partial charge on any atom is -0.491 e. The summed E-state index contributed by atoms with van der Waals surface area (Å²) >= 11 is 1.51. The normalized spacial score (nSPS) is 10.4. The zero-order valence-corrected chi connectivity index (χ0v) is 13.3. The number of thiophene rings is 1. The second-order valence-electron chi connectivity index (χ2n) is 4.67.